The summed E-state index contributed by atoms with van der Waals surface area (Å²) in [5.41, 5.74) is 1.19. The van der Waals surface area contributed by atoms with Gasteiger partial charge in [-0.1, -0.05) is 12.1 Å². The molecule has 3 heteroatoms. The van der Waals surface area contributed by atoms with Gasteiger partial charge in [0.25, 0.3) is 0 Å². The van der Waals surface area contributed by atoms with E-state index in [0.717, 1.165) is 6.54 Å². The maximum Gasteiger partial charge on any atom is 0.123 e. The zero-order chi connectivity index (χ0) is 12.3. The van der Waals surface area contributed by atoms with Gasteiger partial charge >= 0.3 is 0 Å². The predicted octanol–water partition coefficient (Wildman–Crippen LogP) is 2.43. The maximum absolute atomic E-state index is 12.9. The molecule has 0 amide bonds. The standard InChI is InChI=1S/C14H21FN2/c1-16-14(11-5-7-13(15)8-6-11)12-4-3-9-17(2)10-12/h5-8,12,14,16H,3-4,9-10H2,1-2H3. The van der Waals surface area contributed by atoms with E-state index in [-0.39, 0.29) is 5.82 Å². The number of likely N-dealkylation sites (tertiary alicyclic amines) is 1. The lowest BCUT2D eigenvalue weighted by Crippen LogP contribution is -2.38. The Morgan fingerprint density at radius 1 is 1.35 bits per heavy atom. The Kier molecular flexibility index (Phi) is 4.13. The fraction of sp³-hybridized carbons (Fsp3) is 0.571. The predicted molar refractivity (Wildman–Crippen MR) is 68.4 cm³/mol. The van der Waals surface area contributed by atoms with Gasteiger partial charge in [0.1, 0.15) is 5.82 Å². The molecule has 1 N–H and O–H groups in total. The molecule has 0 radical (unpaired) electrons. The first-order chi connectivity index (χ1) is 8.20. The highest BCUT2D eigenvalue weighted by molar-refractivity contribution is 5.21. The molecule has 2 unspecified atom stereocenters. The minimum absolute atomic E-state index is 0.163. The molecular formula is C14H21FN2. The van der Waals surface area contributed by atoms with Crippen LogP contribution in [0.3, 0.4) is 0 Å². The minimum Gasteiger partial charge on any atom is -0.313 e. The number of hydrogen-bond acceptors (Lipinski definition) is 2. The third kappa shape index (κ3) is 3.05. The van der Waals surface area contributed by atoms with Gasteiger partial charge in [0.15, 0.2) is 0 Å². The van der Waals surface area contributed by atoms with E-state index in [4.69, 9.17) is 0 Å². The smallest absolute Gasteiger partial charge is 0.123 e. The van der Waals surface area contributed by atoms with Crippen LogP contribution in [-0.2, 0) is 0 Å². The summed E-state index contributed by atoms with van der Waals surface area (Å²) in [5, 5.41) is 3.38. The van der Waals surface area contributed by atoms with Crippen molar-refractivity contribution in [3.05, 3.63) is 35.6 Å². The SMILES string of the molecule is CNC(c1ccc(F)cc1)C1CCCN(C)C1. The maximum atomic E-state index is 12.9. The molecule has 2 nitrogen and oxygen atoms in total. The van der Waals surface area contributed by atoms with Gasteiger partial charge < -0.3 is 10.2 Å². The lowest BCUT2D eigenvalue weighted by molar-refractivity contribution is 0.177. The second-order valence-electron chi connectivity index (χ2n) is 4.98. The van der Waals surface area contributed by atoms with Crippen LogP contribution in [0.25, 0.3) is 0 Å². The van der Waals surface area contributed by atoms with Crippen LogP contribution >= 0.6 is 0 Å². The summed E-state index contributed by atoms with van der Waals surface area (Å²) < 4.78 is 12.9. The van der Waals surface area contributed by atoms with Crippen LogP contribution in [0.5, 0.6) is 0 Å². The van der Waals surface area contributed by atoms with Crippen LogP contribution in [0.1, 0.15) is 24.4 Å². The fourth-order valence-electron chi connectivity index (χ4n) is 2.82. The van der Waals surface area contributed by atoms with Gasteiger partial charge in [0.05, 0.1) is 0 Å². The Bertz CT molecular complexity index is 350. The first-order valence-electron chi connectivity index (χ1n) is 6.32. The number of benzene rings is 1. The van der Waals surface area contributed by atoms with Gasteiger partial charge in [-0.05, 0) is 57.1 Å². The van der Waals surface area contributed by atoms with E-state index in [1.807, 2.05) is 19.2 Å². The Labute approximate surface area is 103 Å². The minimum atomic E-state index is -0.163. The molecule has 94 valence electrons. The fourth-order valence-corrected chi connectivity index (χ4v) is 2.82. The van der Waals surface area contributed by atoms with Gasteiger partial charge in [-0.15, -0.1) is 0 Å². The normalized spacial score (nSPS) is 23.6. The largest absolute Gasteiger partial charge is 0.313 e. The van der Waals surface area contributed by atoms with Gasteiger partial charge in [-0.25, -0.2) is 4.39 Å². The summed E-state index contributed by atoms with van der Waals surface area (Å²) in [6.07, 6.45) is 2.49. The van der Waals surface area contributed by atoms with Crippen molar-refractivity contribution in [3.8, 4) is 0 Å². The van der Waals surface area contributed by atoms with E-state index in [1.54, 1.807) is 12.1 Å². The highest BCUT2D eigenvalue weighted by atomic mass is 19.1. The highest BCUT2D eigenvalue weighted by Gasteiger charge is 2.25. The highest BCUT2D eigenvalue weighted by Crippen LogP contribution is 2.29. The number of nitrogens with one attached hydrogen (secondary N) is 1. The zero-order valence-corrected chi connectivity index (χ0v) is 10.6. The topological polar surface area (TPSA) is 15.3 Å². The summed E-state index contributed by atoms with van der Waals surface area (Å²) >= 11 is 0. The van der Waals surface area contributed by atoms with Crippen LogP contribution < -0.4 is 5.32 Å². The molecule has 1 heterocycles. The quantitative estimate of drug-likeness (QED) is 0.867. The summed E-state index contributed by atoms with van der Waals surface area (Å²) in [7, 11) is 4.16. The monoisotopic (exact) mass is 236 g/mol. The van der Waals surface area contributed by atoms with Crippen LogP contribution in [0.2, 0.25) is 0 Å². The molecule has 17 heavy (non-hydrogen) atoms. The Morgan fingerprint density at radius 3 is 2.65 bits per heavy atom. The van der Waals surface area contributed by atoms with Gasteiger partial charge in [0, 0.05) is 12.6 Å². The second kappa shape index (κ2) is 5.61. The number of piperidine rings is 1. The van der Waals surface area contributed by atoms with E-state index in [1.165, 1.54) is 24.9 Å². The van der Waals surface area contributed by atoms with Crippen LogP contribution in [0, 0.1) is 11.7 Å². The van der Waals surface area contributed by atoms with Crippen LogP contribution in [-0.4, -0.2) is 32.1 Å². The zero-order valence-electron chi connectivity index (χ0n) is 10.6. The summed E-state index contributed by atoms with van der Waals surface area (Å²) in [6.45, 7) is 2.30. The Balaban J connectivity index is 2.12. The van der Waals surface area contributed by atoms with E-state index in [9.17, 15) is 4.39 Å². The van der Waals surface area contributed by atoms with E-state index >= 15 is 0 Å². The summed E-state index contributed by atoms with van der Waals surface area (Å²) in [6, 6.07) is 7.22. The Hall–Kier alpha value is -0.930. The van der Waals surface area contributed by atoms with Crippen molar-refractivity contribution in [2.45, 2.75) is 18.9 Å². The number of nitrogens with zero attached hydrogens (tertiary/aromatic N) is 1. The van der Waals surface area contributed by atoms with Gasteiger partial charge in [-0.2, -0.15) is 0 Å². The average Bonchev–Trinajstić information content (AvgIpc) is 2.33. The molecule has 0 aliphatic carbocycles. The molecule has 0 spiro atoms. The van der Waals surface area contributed by atoms with Crippen molar-refractivity contribution in [1.29, 1.82) is 0 Å². The first-order valence-corrected chi connectivity index (χ1v) is 6.32. The lowest BCUT2D eigenvalue weighted by Gasteiger charge is -2.35. The van der Waals surface area contributed by atoms with Gasteiger partial charge in [0.2, 0.25) is 0 Å². The van der Waals surface area contributed by atoms with Crippen molar-refractivity contribution in [3.63, 3.8) is 0 Å². The second-order valence-corrected chi connectivity index (χ2v) is 4.98. The third-order valence-corrected chi connectivity index (χ3v) is 3.67. The van der Waals surface area contributed by atoms with Crippen LogP contribution in [0.4, 0.5) is 4.39 Å². The number of hydrogen-bond donors (Lipinski definition) is 1. The van der Waals surface area contributed by atoms with E-state index in [2.05, 4.69) is 17.3 Å². The number of rotatable bonds is 3. The molecule has 0 aromatic heterocycles. The molecule has 0 bridgehead atoms. The molecular weight excluding hydrogens is 215 g/mol. The van der Waals surface area contributed by atoms with Crippen molar-refractivity contribution in [2.24, 2.45) is 5.92 Å². The van der Waals surface area contributed by atoms with Crippen LogP contribution in [0.15, 0.2) is 24.3 Å². The molecule has 1 saturated heterocycles. The van der Waals surface area contributed by atoms with E-state index in [0.29, 0.717) is 12.0 Å². The van der Waals surface area contributed by atoms with Crippen molar-refractivity contribution in [1.82, 2.24) is 10.2 Å². The molecule has 0 saturated carbocycles. The molecule has 1 aromatic carbocycles. The molecule has 1 aliphatic rings. The van der Waals surface area contributed by atoms with Crippen molar-refractivity contribution < 1.29 is 4.39 Å². The summed E-state index contributed by atoms with van der Waals surface area (Å²) in [5.74, 6) is 0.452. The molecule has 2 atom stereocenters. The first kappa shape index (κ1) is 12.5. The molecule has 1 aromatic rings. The molecule has 2 rings (SSSR count). The van der Waals surface area contributed by atoms with Gasteiger partial charge in [-0.3, -0.25) is 0 Å². The Morgan fingerprint density at radius 2 is 2.06 bits per heavy atom. The number of halogens is 1. The lowest BCUT2D eigenvalue weighted by atomic mass is 9.87. The third-order valence-electron chi connectivity index (χ3n) is 3.67. The summed E-state index contributed by atoms with van der Waals surface area (Å²) in [4.78, 5) is 2.38. The van der Waals surface area contributed by atoms with Crippen molar-refractivity contribution >= 4 is 0 Å². The molecule has 1 aliphatic heterocycles. The van der Waals surface area contributed by atoms with Crippen molar-refractivity contribution in [2.75, 3.05) is 27.2 Å². The van der Waals surface area contributed by atoms with E-state index < -0.39 is 0 Å². The average molecular weight is 236 g/mol. The molecule has 1 fully saturated rings.